The lowest BCUT2D eigenvalue weighted by atomic mass is 9.91. The van der Waals surface area contributed by atoms with Crippen LogP contribution in [0, 0.1) is 13.8 Å². The van der Waals surface area contributed by atoms with Crippen molar-refractivity contribution in [1.82, 2.24) is 10.6 Å². The van der Waals surface area contributed by atoms with Crippen LogP contribution in [0.1, 0.15) is 63.7 Å². The van der Waals surface area contributed by atoms with Crippen LogP contribution in [0.5, 0.6) is 0 Å². The zero-order chi connectivity index (χ0) is 27.9. The molecule has 3 N–H and O–H groups in total. The standard InChI is InChI=1S/C32H30N2O5/c1-20-5-3-7-22(17-20)13-15-33-30(36)25-11-12-26(29-27(32(38)39)10-9-24(19-35)28(25)29)31(37)34-16-14-23-8-4-6-21(2)18-23/h3-12,17-19H,13-16H2,1-2H3,(H,33,36)(H,34,37)(H,38,39). The highest BCUT2D eigenvalue weighted by Gasteiger charge is 2.23. The first-order valence-corrected chi connectivity index (χ1v) is 12.7. The minimum atomic E-state index is -1.26. The molecule has 0 saturated carbocycles. The van der Waals surface area contributed by atoms with Gasteiger partial charge in [0, 0.05) is 40.6 Å². The fourth-order valence-corrected chi connectivity index (χ4v) is 4.74. The Kier molecular flexibility index (Phi) is 8.51. The van der Waals surface area contributed by atoms with Gasteiger partial charge in [-0.05, 0) is 56.0 Å². The molecule has 39 heavy (non-hydrogen) atoms. The summed E-state index contributed by atoms with van der Waals surface area (Å²) in [4.78, 5) is 50.6. The van der Waals surface area contributed by atoms with Gasteiger partial charge in [0.15, 0.2) is 6.29 Å². The number of carboxylic acid groups (broad SMARTS) is 1. The van der Waals surface area contributed by atoms with Gasteiger partial charge in [0.2, 0.25) is 0 Å². The summed E-state index contributed by atoms with van der Waals surface area (Å²) in [6.45, 7) is 4.67. The minimum Gasteiger partial charge on any atom is -0.478 e. The molecule has 198 valence electrons. The molecule has 0 fully saturated rings. The van der Waals surface area contributed by atoms with Gasteiger partial charge in [0.25, 0.3) is 11.8 Å². The highest BCUT2D eigenvalue weighted by molar-refractivity contribution is 6.22. The van der Waals surface area contributed by atoms with Gasteiger partial charge in [0.1, 0.15) is 0 Å². The number of amides is 2. The van der Waals surface area contributed by atoms with Crippen LogP contribution in [0.2, 0.25) is 0 Å². The Morgan fingerprint density at radius 2 is 1.18 bits per heavy atom. The molecule has 0 unspecified atom stereocenters. The van der Waals surface area contributed by atoms with Crippen LogP contribution in [-0.4, -0.2) is 42.3 Å². The fourth-order valence-electron chi connectivity index (χ4n) is 4.74. The molecule has 0 spiro atoms. The molecular formula is C32H30N2O5. The fraction of sp³-hybridized carbons (Fsp3) is 0.188. The van der Waals surface area contributed by atoms with Crippen molar-refractivity contribution >= 4 is 34.8 Å². The van der Waals surface area contributed by atoms with Crippen molar-refractivity contribution in [3.63, 3.8) is 0 Å². The summed E-state index contributed by atoms with van der Waals surface area (Å²) in [5.41, 5.74) is 4.57. The number of hydrogen-bond acceptors (Lipinski definition) is 4. The summed E-state index contributed by atoms with van der Waals surface area (Å²) < 4.78 is 0. The van der Waals surface area contributed by atoms with E-state index >= 15 is 0 Å². The molecular weight excluding hydrogens is 492 g/mol. The van der Waals surface area contributed by atoms with Crippen LogP contribution in [-0.2, 0) is 12.8 Å². The van der Waals surface area contributed by atoms with Crippen molar-refractivity contribution in [2.45, 2.75) is 26.7 Å². The summed E-state index contributed by atoms with van der Waals surface area (Å²) >= 11 is 0. The second-order valence-electron chi connectivity index (χ2n) is 9.53. The first-order chi connectivity index (χ1) is 18.8. The molecule has 0 heterocycles. The maximum Gasteiger partial charge on any atom is 0.336 e. The molecule has 0 aliphatic carbocycles. The van der Waals surface area contributed by atoms with Crippen LogP contribution in [0.4, 0.5) is 0 Å². The number of carbonyl (C=O) groups excluding carboxylic acids is 3. The van der Waals surface area contributed by atoms with Crippen molar-refractivity contribution in [3.05, 3.63) is 117 Å². The van der Waals surface area contributed by atoms with E-state index in [1.807, 2.05) is 62.4 Å². The van der Waals surface area contributed by atoms with Crippen LogP contribution in [0.3, 0.4) is 0 Å². The van der Waals surface area contributed by atoms with Crippen LogP contribution in [0.15, 0.2) is 72.8 Å². The summed E-state index contributed by atoms with van der Waals surface area (Å²) in [6, 6.07) is 21.5. The second kappa shape index (κ2) is 12.2. The average Bonchev–Trinajstić information content (AvgIpc) is 2.91. The predicted octanol–water partition coefficient (Wildman–Crippen LogP) is 4.91. The SMILES string of the molecule is Cc1cccc(CCNC(=O)c2ccc(C(=O)NCCc3cccc(C)c3)c3c(C(=O)O)ccc(C=O)c23)c1. The van der Waals surface area contributed by atoms with E-state index < -0.39 is 17.8 Å². The van der Waals surface area contributed by atoms with Gasteiger partial charge in [-0.25, -0.2) is 4.79 Å². The van der Waals surface area contributed by atoms with Crippen molar-refractivity contribution < 1.29 is 24.3 Å². The van der Waals surface area contributed by atoms with Gasteiger partial charge in [-0.15, -0.1) is 0 Å². The van der Waals surface area contributed by atoms with E-state index in [9.17, 15) is 24.3 Å². The second-order valence-corrected chi connectivity index (χ2v) is 9.53. The van der Waals surface area contributed by atoms with Crippen LogP contribution in [0.25, 0.3) is 10.8 Å². The highest BCUT2D eigenvalue weighted by Crippen LogP contribution is 2.30. The molecule has 2 amide bonds. The molecule has 7 nitrogen and oxygen atoms in total. The number of carbonyl (C=O) groups is 4. The van der Waals surface area contributed by atoms with E-state index in [1.165, 1.54) is 24.3 Å². The molecule has 0 saturated heterocycles. The van der Waals surface area contributed by atoms with Gasteiger partial charge >= 0.3 is 5.97 Å². The van der Waals surface area contributed by atoms with Crippen molar-refractivity contribution in [2.75, 3.05) is 13.1 Å². The normalized spacial score (nSPS) is 10.7. The maximum atomic E-state index is 13.2. The topological polar surface area (TPSA) is 113 Å². The molecule has 0 atom stereocenters. The quantitative estimate of drug-likeness (QED) is 0.256. The molecule has 0 aliphatic heterocycles. The Bertz CT molecular complexity index is 1570. The van der Waals surface area contributed by atoms with Crippen molar-refractivity contribution in [1.29, 1.82) is 0 Å². The minimum absolute atomic E-state index is 0.0616. The number of nitrogens with one attached hydrogen (secondary N) is 2. The van der Waals surface area contributed by atoms with Crippen LogP contribution < -0.4 is 10.6 Å². The maximum absolute atomic E-state index is 13.2. The molecule has 7 heteroatoms. The third kappa shape index (κ3) is 6.38. The number of benzene rings is 4. The third-order valence-electron chi connectivity index (χ3n) is 6.60. The van der Waals surface area contributed by atoms with Crippen LogP contribution >= 0.6 is 0 Å². The largest absolute Gasteiger partial charge is 0.478 e. The zero-order valence-corrected chi connectivity index (χ0v) is 21.9. The number of fused-ring (bicyclic) bond motifs is 1. The van der Waals surface area contributed by atoms with Gasteiger partial charge in [-0.1, -0.05) is 65.7 Å². The monoisotopic (exact) mass is 522 g/mol. The predicted molar refractivity (Wildman–Crippen MR) is 151 cm³/mol. The van der Waals surface area contributed by atoms with Gasteiger partial charge in [-0.2, -0.15) is 0 Å². The Morgan fingerprint density at radius 3 is 1.64 bits per heavy atom. The van der Waals surface area contributed by atoms with Gasteiger partial charge < -0.3 is 15.7 Å². The summed E-state index contributed by atoms with van der Waals surface area (Å²) in [7, 11) is 0. The Morgan fingerprint density at radius 1 is 0.692 bits per heavy atom. The number of aromatic carboxylic acids is 1. The summed E-state index contributed by atoms with van der Waals surface area (Å²) in [5, 5.41) is 15.8. The van der Waals surface area contributed by atoms with E-state index in [-0.39, 0.29) is 33.0 Å². The molecule has 4 aromatic carbocycles. The molecule has 0 bridgehead atoms. The average molecular weight is 523 g/mol. The van der Waals surface area contributed by atoms with E-state index in [4.69, 9.17) is 0 Å². The zero-order valence-electron chi connectivity index (χ0n) is 21.9. The van der Waals surface area contributed by atoms with Gasteiger partial charge in [-0.3, -0.25) is 14.4 Å². The lowest BCUT2D eigenvalue weighted by Gasteiger charge is -2.15. The summed E-state index contributed by atoms with van der Waals surface area (Å²) in [6.07, 6.45) is 1.77. The molecule has 0 radical (unpaired) electrons. The lowest BCUT2D eigenvalue weighted by Crippen LogP contribution is -2.28. The summed E-state index contributed by atoms with van der Waals surface area (Å²) in [5.74, 6) is -2.20. The van der Waals surface area contributed by atoms with E-state index in [2.05, 4.69) is 10.6 Å². The third-order valence-corrected chi connectivity index (χ3v) is 6.60. The number of rotatable bonds is 10. The molecule has 4 rings (SSSR count). The van der Waals surface area contributed by atoms with Crippen molar-refractivity contribution in [3.8, 4) is 0 Å². The first kappa shape index (κ1) is 27.3. The highest BCUT2D eigenvalue weighted by atomic mass is 16.4. The molecule has 4 aromatic rings. The van der Waals surface area contributed by atoms with E-state index in [0.29, 0.717) is 32.2 Å². The van der Waals surface area contributed by atoms with E-state index in [0.717, 1.165) is 22.3 Å². The van der Waals surface area contributed by atoms with Gasteiger partial charge in [0.05, 0.1) is 5.56 Å². The van der Waals surface area contributed by atoms with E-state index in [1.54, 1.807) is 0 Å². The smallest absolute Gasteiger partial charge is 0.336 e. The number of hydrogen-bond donors (Lipinski definition) is 3. The molecule has 0 aliphatic rings. The number of aldehydes is 1. The first-order valence-electron chi connectivity index (χ1n) is 12.7. The number of carboxylic acids is 1. The Balaban J connectivity index is 1.64. The Labute approximate surface area is 226 Å². The number of aryl methyl sites for hydroxylation is 2. The van der Waals surface area contributed by atoms with Crippen molar-refractivity contribution in [2.24, 2.45) is 0 Å². The Hall–Kier alpha value is -4.78. The molecule has 0 aromatic heterocycles. The lowest BCUT2D eigenvalue weighted by molar-refractivity contribution is 0.0698.